The summed E-state index contributed by atoms with van der Waals surface area (Å²) in [6.45, 7) is 2.91. The average molecular weight is 412 g/mol. The first-order valence-corrected chi connectivity index (χ1v) is 9.89. The highest BCUT2D eigenvalue weighted by Crippen LogP contribution is 2.21. The van der Waals surface area contributed by atoms with E-state index in [2.05, 4.69) is 30.8 Å². The fraction of sp³-hybridized carbons (Fsp3) is 0.130. The van der Waals surface area contributed by atoms with Gasteiger partial charge in [-0.3, -0.25) is 4.99 Å². The number of aromatic nitrogens is 3. The van der Waals surface area contributed by atoms with Crippen LogP contribution in [-0.2, 0) is 6.54 Å². The normalized spacial score (nSPS) is 13.1. The Bertz CT molecular complexity index is 1240. The van der Waals surface area contributed by atoms with E-state index in [4.69, 9.17) is 8.94 Å². The molecule has 4 heterocycles. The van der Waals surface area contributed by atoms with Crippen LogP contribution in [0.2, 0.25) is 0 Å². The predicted octanol–water partition coefficient (Wildman–Crippen LogP) is 4.55. The Labute approximate surface area is 178 Å². The summed E-state index contributed by atoms with van der Waals surface area (Å²) in [5, 5.41) is 10.6. The third-order valence-corrected chi connectivity index (χ3v) is 4.73. The van der Waals surface area contributed by atoms with Gasteiger partial charge in [-0.25, -0.2) is 4.98 Å². The second-order valence-corrected chi connectivity index (χ2v) is 7.09. The van der Waals surface area contributed by atoms with E-state index in [1.807, 2.05) is 67.6 Å². The maximum Gasteiger partial charge on any atom is 0.225 e. The summed E-state index contributed by atoms with van der Waals surface area (Å²) >= 11 is 0. The van der Waals surface area contributed by atoms with Gasteiger partial charge < -0.3 is 19.6 Å². The highest BCUT2D eigenvalue weighted by molar-refractivity contribution is 6.10. The molecule has 3 aromatic heterocycles. The van der Waals surface area contributed by atoms with Crippen molar-refractivity contribution in [3.63, 3.8) is 0 Å². The number of aliphatic imine (C=N–C) groups is 1. The van der Waals surface area contributed by atoms with Crippen LogP contribution in [-0.4, -0.2) is 27.5 Å². The number of amidine groups is 1. The number of rotatable bonds is 6. The van der Waals surface area contributed by atoms with Gasteiger partial charge >= 0.3 is 0 Å². The van der Waals surface area contributed by atoms with Crippen LogP contribution >= 0.6 is 0 Å². The Morgan fingerprint density at radius 3 is 2.77 bits per heavy atom. The minimum absolute atomic E-state index is 0.423. The zero-order valence-corrected chi connectivity index (χ0v) is 16.9. The maximum atomic E-state index is 5.44. The molecule has 31 heavy (non-hydrogen) atoms. The van der Waals surface area contributed by atoms with Crippen LogP contribution in [0.1, 0.15) is 17.2 Å². The Morgan fingerprint density at radius 2 is 1.94 bits per heavy atom. The molecule has 0 radical (unpaired) electrons. The minimum Gasteiger partial charge on any atom is -0.465 e. The Kier molecular flexibility index (Phi) is 5.02. The third kappa shape index (κ3) is 4.37. The Morgan fingerprint density at radius 1 is 1.03 bits per heavy atom. The number of hydrogen-bond acceptors (Lipinski definition) is 8. The quantitative estimate of drug-likeness (QED) is 0.479. The Balaban J connectivity index is 1.25. The number of furan rings is 1. The van der Waals surface area contributed by atoms with Crippen molar-refractivity contribution in [1.29, 1.82) is 0 Å². The lowest BCUT2D eigenvalue weighted by Crippen LogP contribution is -2.11. The van der Waals surface area contributed by atoms with Crippen molar-refractivity contribution >= 4 is 23.2 Å². The van der Waals surface area contributed by atoms with Crippen LogP contribution in [0.15, 0.2) is 80.9 Å². The van der Waals surface area contributed by atoms with Gasteiger partial charge in [0.15, 0.2) is 5.76 Å². The van der Waals surface area contributed by atoms with Crippen LogP contribution in [0.5, 0.6) is 0 Å². The van der Waals surface area contributed by atoms with Gasteiger partial charge in [-0.05, 0) is 25.1 Å². The second kappa shape index (κ2) is 8.27. The molecule has 0 aliphatic carbocycles. The lowest BCUT2D eigenvalue weighted by atomic mass is 10.1. The van der Waals surface area contributed by atoms with Gasteiger partial charge in [0, 0.05) is 29.0 Å². The van der Waals surface area contributed by atoms with Crippen molar-refractivity contribution in [2.45, 2.75) is 13.5 Å². The standard InChI is InChI=1S/C23H20N6O2/c1-15-10-22(27-21-11-17(13-24-21)20-8-5-9-30-20)28-23(26-15)25-14-18-12-19(29-31-18)16-6-3-2-4-7-16/h2-12H,13-14H2,1H3,(H2,24,25,26,27,28). The molecule has 0 saturated carbocycles. The largest absolute Gasteiger partial charge is 0.465 e. The van der Waals surface area contributed by atoms with Crippen molar-refractivity contribution in [2.75, 3.05) is 17.2 Å². The van der Waals surface area contributed by atoms with Crippen molar-refractivity contribution in [1.82, 2.24) is 15.1 Å². The summed E-state index contributed by atoms with van der Waals surface area (Å²) in [6.07, 6.45) is 3.62. The SMILES string of the molecule is Cc1cc(NC2=NCC(c3ccco3)=C2)nc(NCc2cc(-c3ccccc3)no2)n1. The van der Waals surface area contributed by atoms with E-state index in [1.54, 1.807) is 6.26 Å². The van der Waals surface area contributed by atoms with Gasteiger partial charge in [0.2, 0.25) is 5.95 Å². The molecular weight excluding hydrogens is 392 g/mol. The van der Waals surface area contributed by atoms with Gasteiger partial charge in [0.1, 0.15) is 23.1 Å². The first-order valence-electron chi connectivity index (χ1n) is 9.89. The molecule has 1 aromatic carbocycles. The smallest absolute Gasteiger partial charge is 0.225 e. The van der Waals surface area contributed by atoms with E-state index in [1.165, 1.54) is 0 Å². The van der Waals surface area contributed by atoms with E-state index in [0.29, 0.717) is 30.6 Å². The molecule has 0 bridgehead atoms. The molecule has 0 atom stereocenters. The number of nitrogens with zero attached hydrogens (tertiary/aromatic N) is 4. The van der Waals surface area contributed by atoms with Crippen LogP contribution in [0.4, 0.5) is 11.8 Å². The van der Waals surface area contributed by atoms with Crippen molar-refractivity contribution < 1.29 is 8.94 Å². The molecule has 0 saturated heterocycles. The fourth-order valence-corrected chi connectivity index (χ4v) is 3.26. The summed E-state index contributed by atoms with van der Waals surface area (Å²) in [5.41, 5.74) is 3.66. The van der Waals surface area contributed by atoms with E-state index in [0.717, 1.165) is 34.1 Å². The van der Waals surface area contributed by atoms with Crippen LogP contribution in [0.3, 0.4) is 0 Å². The molecule has 4 aromatic rings. The molecule has 0 unspecified atom stereocenters. The van der Waals surface area contributed by atoms with Gasteiger partial charge in [0.05, 0.1) is 19.4 Å². The molecule has 0 spiro atoms. The van der Waals surface area contributed by atoms with E-state index in [9.17, 15) is 0 Å². The minimum atomic E-state index is 0.423. The van der Waals surface area contributed by atoms with Crippen molar-refractivity contribution in [3.05, 3.63) is 84.2 Å². The second-order valence-electron chi connectivity index (χ2n) is 7.09. The molecule has 8 heteroatoms. The molecule has 1 aliphatic heterocycles. The van der Waals surface area contributed by atoms with Crippen LogP contribution in [0, 0.1) is 6.92 Å². The maximum absolute atomic E-state index is 5.44. The topological polar surface area (TPSA) is 101 Å². The summed E-state index contributed by atoms with van der Waals surface area (Å²) in [5.74, 6) is 3.41. The van der Waals surface area contributed by atoms with Crippen LogP contribution in [0.25, 0.3) is 16.8 Å². The van der Waals surface area contributed by atoms with Gasteiger partial charge in [-0.2, -0.15) is 4.98 Å². The first-order chi connectivity index (χ1) is 15.2. The average Bonchev–Trinajstić information content (AvgIpc) is 3.54. The van der Waals surface area contributed by atoms with E-state index in [-0.39, 0.29) is 0 Å². The van der Waals surface area contributed by atoms with Crippen molar-refractivity contribution in [2.24, 2.45) is 4.99 Å². The molecule has 0 fully saturated rings. The lowest BCUT2D eigenvalue weighted by molar-refractivity contribution is 0.390. The first kappa shape index (κ1) is 18.8. The summed E-state index contributed by atoms with van der Waals surface area (Å²) in [4.78, 5) is 13.5. The highest BCUT2D eigenvalue weighted by Gasteiger charge is 2.14. The van der Waals surface area contributed by atoms with Crippen molar-refractivity contribution in [3.8, 4) is 11.3 Å². The van der Waals surface area contributed by atoms with E-state index < -0.39 is 0 Å². The van der Waals surface area contributed by atoms with Crippen LogP contribution < -0.4 is 10.6 Å². The lowest BCUT2D eigenvalue weighted by Gasteiger charge is -2.08. The fourth-order valence-electron chi connectivity index (χ4n) is 3.26. The summed E-state index contributed by atoms with van der Waals surface area (Å²) < 4.78 is 10.9. The zero-order chi connectivity index (χ0) is 21.0. The molecule has 0 amide bonds. The predicted molar refractivity (Wildman–Crippen MR) is 119 cm³/mol. The van der Waals surface area contributed by atoms with E-state index >= 15 is 0 Å². The highest BCUT2D eigenvalue weighted by atomic mass is 16.5. The molecule has 8 nitrogen and oxygen atoms in total. The third-order valence-electron chi connectivity index (χ3n) is 4.73. The Hall–Kier alpha value is -4.20. The summed E-state index contributed by atoms with van der Waals surface area (Å²) in [6, 6.07) is 17.5. The molecular formula is C23H20N6O2. The molecule has 2 N–H and O–H groups in total. The molecule has 5 rings (SSSR count). The van der Waals surface area contributed by atoms with Gasteiger partial charge in [-0.15, -0.1) is 0 Å². The number of aryl methyl sites for hydroxylation is 1. The number of nitrogens with one attached hydrogen (secondary N) is 2. The summed E-state index contributed by atoms with van der Waals surface area (Å²) in [7, 11) is 0. The number of benzene rings is 1. The number of anilines is 2. The molecule has 1 aliphatic rings. The molecule has 154 valence electrons. The monoisotopic (exact) mass is 412 g/mol. The zero-order valence-electron chi connectivity index (χ0n) is 16.9. The van der Waals surface area contributed by atoms with Gasteiger partial charge in [-0.1, -0.05) is 35.5 Å². The number of hydrogen-bond donors (Lipinski definition) is 2. The van der Waals surface area contributed by atoms with Gasteiger partial charge in [0.25, 0.3) is 0 Å².